The average Bonchev–Trinajstić information content (AvgIpc) is 2.30. The van der Waals surface area contributed by atoms with E-state index in [1.165, 1.54) is 18.2 Å². The first-order valence-electron chi connectivity index (χ1n) is 5.42. The van der Waals surface area contributed by atoms with Gasteiger partial charge in [0.2, 0.25) is 0 Å². The molecule has 1 heterocycles. The summed E-state index contributed by atoms with van der Waals surface area (Å²) in [7, 11) is 0. The summed E-state index contributed by atoms with van der Waals surface area (Å²) >= 11 is 0. The van der Waals surface area contributed by atoms with Gasteiger partial charge in [-0.25, -0.2) is 0 Å². The van der Waals surface area contributed by atoms with Gasteiger partial charge in [0.05, 0.1) is 0 Å². The summed E-state index contributed by atoms with van der Waals surface area (Å²) < 4.78 is 0. The minimum absolute atomic E-state index is 0. The molecule has 1 aromatic rings. The molecule has 17 heavy (non-hydrogen) atoms. The zero-order valence-electron chi connectivity index (χ0n) is 9.35. The van der Waals surface area contributed by atoms with Gasteiger partial charge >= 0.3 is 0 Å². The topological polar surface area (TPSA) is 69.6 Å². The number of halogens is 1. The van der Waals surface area contributed by atoms with Gasteiger partial charge in [0, 0.05) is 11.1 Å². The molecule has 1 aliphatic rings. The Balaban J connectivity index is 0.00000144. The number of aliphatic hydroxyl groups is 1. The highest BCUT2D eigenvalue weighted by Crippen LogP contribution is 2.33. The Morgan fingerprint density at radius 2 is 2.12 bits per heavy atom. The number of carbonyl (C=O) groups is 1. The number of aromatic hydroxyl groups is 1. The maximum atomic E-state index is 10.7. The van der Waals surface area contributed by atoms with Gasteiger partial charge in [-0.1, -0.05) is 0 Å². The maximum Gasteiger partial charge on any atom is 0.150 e. The van der Waals surface area contributed by atoms with Crippen molar-refractivity contribution in [2.45, 2.75) is 25.0 Å². The largest absolute Gasteiger partial charge is 0.508 e. The van der Waals surface area contributed by atoms with Crippen molar-refractivity contribution in [2.24, 2.45) is 0 Å². The predicted molar refractivity (Wildman–Crippen MR) is 66.5 cm³/mol. The first kappa shape index (κ1) is 14.0. The Hall–Kier alpha value is -1.10. The third-order valence-corrected chi connectivity index (χ3v) is 2.99. The predicted octanol–water partition coefficient (Wildman–Crippen LogP) is 1.55. The van der Waals surface area contributed by atoms with Gasteiger partial charge in [-0.05, 0) is 44.0 Å². The second-order valence-electron chi connectivity index (χ2n) is 4.14. The molecule has 94 valence electrons. The summed E-state index contributed by atoms with van der Waals surface area (Å²) in [6, 6.07) is 4.49. The Labute approximate surface area is 106 Å². The highest BCUT2D eigenvalue weighted by Gasteiger charge is 2.33. The van der Waals surface area contributed by atoms with Gasteiger partial charge in [0.25, 0.3) is 0 Å². The van der Waals surface area contributed by atoms with Crippen LogP contribution in [-0.4, -0.2) is 23.0 Å². The van der Waals surface area contributed by atoms with Crippen LogP contribution in [0.2, 0.25) is 0 Å². The van der Waals surface area contributed by atoms with Crippen molar-refractivity contribution in [3.63, 3.8) is 0 Å². The van der Waals surface area contributed by atoms with Crippen LogP contribution in [0.1, 0.15) is 35.2 Å². The van der Waals surface area contributed by atoms with E-state index in [9.17, 15) is 15.0 Å². The van der Waals surface area contributed by atoms with Crippen molar-refractivity contribution in [2.75, 3.05) is 6.54 Å². The number of piperidine rings is 1. The number of phenolic OH excluding ortho intramolecular Hbond substituents is 1. The van der Waals surface area contributed by atoms with E-state index in [0.717, 1.165) is 12.8 Å². The van der Waals surface area contributed by atoms with Crippen LogP contribution in [0.5, 0.6) is 5.75 Å². The summed E-state index contributed by atoms with van der Waals surface area (Å²) in [6.45, 7) is 0.710. The first-order chi connectivity index (χ1) is 7.65. The molecular formula is C12H16ClNO3. The van der Waals surface area contributed by atoms with Crippen LogP contribution >= 0.6 is 12.4 Å². The van der Waals surface area contributed by atoms with E-state index in [0.29, 0.717) is 30.4 Å². The number of rotatable bonds is 2. The average molecular weight is 258 g/mol. The van der Waals surface area contributed by atoms with E-state index in [1.54, 1.807) is 0 Å². The van der Waals surface area contributed by atoms with Gasteiger partial charge in [-0.2, -0.15) is 0 Å². The molecule has 4 nitrogen and oxygen atoms in total. The quantitative estimate of drug-likeness (QED) is 0.703. The summed E-state index contributed by atoms with van der Waals surface area (Å²) in [5.41, 5.74) is -0.369. The van der Waals surface area contributed by atoms with Crippen LogP contribution < -0.4 is 5.32 Å². The fourth-order valence-corrected chi connectivity index (χ4v) is 2.08. The number of hydrogen-bond acceptors (Lipinski definition) is 4. The van der Waals surface area contributed by atoms with Crippen LogP contribution in [-0.2, 0) is 5.72 Å². The van der Waals surface area contributed by atoms with Gasteiger partial charge in [0.15, 0.2) is 0 Å². The van der Waals surface area contributed by atoms with Crippen LogP contribution in [0.15, 0.2) is 18.2 Å². The zero-order valence-corrected chi connectivity index (χ0v) is 10.2. The molecule has 1 fully saturated rings. The van der Waals surface area contributed by atoms with Gasteiger partial charge in [-0.3, -0.25) is 10.1 Å². The number of carbonyl (C=O) groups excluding carboxylic acids is 1. The number of nitrogens with one attached hydrogen (secondary N) is 1. The monoisotopic (exact) mass is 257 g/mol. The fourth-order valence-electron chi connectivity index (χ4n) is 2.08. The molecule has 3 N–H and O–H groups in total. The Kier molecular flexibility index (Phi) is 4.51. The highest BCUT2D eigenvalue weighted by atomic mass is 35.5. The molecule has 1 saturated heterocycles. The Morgan fingerprint density at radius 1 is 1.35 bits per heavy atom. The highest BCUT2D eigenvalue weighted by molar-refractivity contribution is 5.85. The molecule has 5 heteroatoms. The molecule has 2 rings (SSSR count). The summed E-state index contributed by atoms with van der Waals surface area (Å²) in [5, 5.41) is 23.1. The molecule has 0 saturated carbocycles. The van der Waals surface area contributed by atoms with E-state index in [1.807, 2.05) is 0 Å². The van der Waals surface area contributed by atoms with E-state index in [4.69, 9.17) is 0 Å². The molecule has 1 aliphatic heterocycles. The van der Waals surface area contributed by atoms with Crippen molar-refractivity contribution in [1.29, 1.82) is 0 Å². The standard InChI is InChI=1S/C12H15NO3.ClH/c14-8-9-3-4-11(15)10(7-9)12(16)5-1-2-6-13-12;/h3-4,7-8,13,15-16H,1-2,5-6H2;1H/t12-;/m0./s1. The van der Waals surface area contributed by atoms with Crippen LogP contribution in [0.4, 0.5) is 0 Å². The third kappa shape index (κ3) is 2.77. The lowest BCUT2D eigenvalue weighted by molar-refractivity contribution is -0.0258. The van der Waals surface area contributed by atoms with Gasteiger partial charge in [-0.15, -0.1) is 12.4 Å². The summed E-state index contributed by atoms with van der Waals surface area (Å²) in [6.07, 6.45) is 3.16. The molecule has 1 aromatic carbocycles. The normalized spacial score (nSPS) is 23.8. The molecule has 0 unspecified atom stereocenters. The SMILES string of the molecule is Cl.O=Cc1ccc(O)c([C@@]2(O)CCCCN2)c1. The lowest BCUT2D eigenvalue weighted by Crippen LogP contribution is -2.45. The van der Waals surface area contributed by atoms with Crippen molar-refractivity contribution in [1.82, 2.24) is 5.32 Å². The van der Waals surface area contributed by atoms with E-state index in [-0.39, 0.29) is 18.2 Å². The first-order valence-corrected chi connectivity index (χ1v) is 5.42. The minimum atomic E-state index is -1.21. The molecule has 0 aliphatic carbocycles. The Bertz CT molecular complexity index is 403. The Morgan fingerprint density at radius 3 is 2.71 bits per heavy atom. The van der Waals surface area contributed by atoms with E-state index >= 15 is 0 Å². The van der Waals surface area contributed by atoms with E-state index in [2.05, 4.69) is 5.32 Å². The zero-order chi connectivity index (χ0) is 11.6. The molecule has 1 atom stereocenters. The second kappa shape index (κ2) is 5.49. The number of hydrogen-bond donors (Lipinski definition) is 3. The van der Waals surface area contributed by atoms with Gasteiger partial charge in [0.1, 0.15) is 17.8 Å². The van der Waals surface area contributed by atoms with Crippen molar-refractivity contribution >= 4 is 18.7 Å². The van der Waals surface area contributed by atoms with Crippen LogP contribution in [0.25, 0.3) is 0 Å². The smallest absolute Gasteiger partial charge is 0.150 e. The molecule has 0 amide bonds. The molecule has 0 bridgehead atoms. The number of phenols is 1. The van der Waals surface area contributed by atoms with Crippen molar-refractivity contribution in [3.05, 3.63) is 29.3 Å². The lowest BCUT2D eigenvalue weighted by Gasteiger charge is -2.34. The van der Waals surface area contributed by atoms with Crippen LogP contribution in [0.3, 0.4) is 0 Å². The van der Waals surface area contributed by atoms with Crippen molar-refractivity contribution in [3.8, 4) is 5.75 Å². The lowest BCUT2D eigenvalue weighted by atomic mass is 9.91. The minimum Gasteiger partial charge on any atom is -0.508 e. The second-order valence-corrected chi connectivity index (χ2v) is 4.14. The number of aldehydes is 1. The van der Waals surface area contributed by atoms with Gasteiger partial charge < -0.3 is 10.2 Å². The third-order valence-electron chi connectivity index (χ3n) is 2.99. The fraction of sp³-hybridized carbons (Fsp3) is 0.417. The number of benzene rings is 1. The summed E-state index contributed by atoms with van der Waals surface area (Å²) in [5.74, 6) is 0.0162. The summed E-state index contributed by atoms with van der Waals surface area (Å²) in [4.78, 5) is 10.7. The van der Waals surface area contributed by atoms with Crippen LogP contribution in [0, 0.1) is 0 Å². The maximum absolute atomic E-state index is 10.7. The molecule has 0 spiro atoms. The molecule has 0 radical (unpaired) electrons. The molecule has 0 aromatic heterocycles. The van der Waals surface area contributed by atoms with E-state index < -0.39 is 5.72 Å². The van der Waals surface area contributed by atoms with Crippen molar-refractivity contribution < 1.29 is 15.0 Å². The molecular weight excluding hydrogens is 242 g/mol.